The number of nitrogens with zero attached hydrogens (tertiary/aromatic N) is 2. The molecule has 5 aromatic carbocycles. The third-order valence-electron chi connectivity index (χ3n) is 8.07. The van der Waals surface area contributed by atoms with Gasteiger partial charge in [-0.05, 0) is 49.2 Å². The third kappa shape index (κ3) is 6.24. The smallest absolute Gasteiger partial charge is 0.576 e. The molecule has 0 aliphatic carbocycles. The van der Waals surface area contributed by atoms with Gasteiger partial charge < -0.3 is 20.8 Å². The summed E-state index contributed by atoms with van der Waals surface area (Å²) in [5.41, 5.74) is 6.79. The Hall–Kier alpha value is -5.55. The average molecular weight is 649 g/mol. The van der Waals surface area contributed by atoms with Gasteiger partial charge in [-0.1, -0.05) is 91.0 Å². The number of aryl methyl sites for hydroxylation is 2. The van der Waals surface area contributed by atoms with Crippen molar-refractivity contribution >= 4 is 37.0 Å². The first kappa shape index (κ1) is 31.1. The van der Waals surface area contributed by atoms with Gasteiger partial charge >= 0.3 is 15.1 Å². The van der Waals surface area contributed by atoms with Gasteiger partial charge in [0.1, 0.15) is 39.8 Å². The maximum absolute atomic E-state index is 7.04. The van der Waals surface area contributed by atoms with Gasteiger partial charge in [0.2, 0.25) is 0 Å². The zero-order valence-electron chi connectivity index (χ0n) is 27.1. The van der Waals surface area contributed by atoms with E-state index in [1.165, 1.54) is 0 Å². The highest BCUT2D eigenvalue weighted by atomic mass is 27.3. The maximum Gasteiger partial charge on any atom is 1.20 e. The van der Waals surface area contributed by atoms with Gasteiger partial charge in [0, 0.05) is 45.4 Å². The van der Waals surface area contributed by atoms with E-state index in [4.69, 9.17) is 30.8 Å². The molecule has 8 heteroatoms. The van der Waals surface area contributed by atoms with Crippen LogP contribution >= 0.6 is 0 Å². The number of benzene rings is 5. The average Bonchev–Trinajstić information content (AvgIpc) is 3.12. The molecule has 0 bridgehead atoms. The highest BCUT2D eigenvalue weighted by molar-refractivity contribution is 6.40. The van der Waals surface area contributed by atoms with E-state index in [9.17, 15) is 0 Å². The monoisotopic (exact) mass is 648 g/mol. The van der Waals surface area contributed by atoms with Crippen LogP contribution in [0.3, 0.4) is 0 Å². The van der Waals surface area contributed by atoms with E-state index in [1.54, 1.807) is 14.2 Å². The third-order valence-corrected chi connectivity index (χ3v) is 9.39. The minimum absolute atomic E-state index is 0.534. The summed E-state index contributed by atoms with van der Waals surface area (Å²) in [6.45, 7) is 3.86. The molecule has 0 fully saturated rings. The second-order valence-electron chi connectivity index (χ2n) is 11.3. The number of hydrogen-bond acceptors (Lipinski definition) is 7. The fourth-order valence-corrected chi connectivity index (χ4v) is 7.27. The molecule has 7 rings (SSSR count). The van der Waals surface area contributed by atoms with Crippen LogP contribution in [0, 0.1) is 13.8 Å². The van der Waals surface area contributed by atoms with Crippen LogP contribution in [0.2, 0.25) is 0 Å². The van der Waals surface area contributed by atoms with Crippen LogP contribution in [0.5, 0.6) is 28.7 Å². The van der Waals surface area contributed by atoms with Crippen LogP contribution in [0.15, 0.2) is 127 Å². The molecule has 0 aliphatic heterocycles. The van der Waals surface area contributed by atoms with Gasteiger partial charge in [0.15, 0.2) is 0 Å². The van der Waals surface area contributed by atoms with Crippen molar-refractivity contribution in [3.05, 3.63) is 139 Å². The largest absolute Gasteiger partial charge is 1.20 e. The lowest BCUT2D eigenvalue weighted by Crippen LogP contribution is -2.37. The van der Waals surface area contributed by atoms with E-state index in [0.717, 1.165) is 44.4 Å². The van der Waals surface area contributed by atoms with Gasteiger partial charge in [0.05, 0.1) is 14.2 Å². The summed E-state index contributed by atoms with van der Waals surface area (Å²) in [7, 11) is 3.31. The molecular formula is C40H33AlN2O5. The first-order chi connectivity index (χ1) is 23.5. The van der Waals surface area contributed by atoms with Crippen molar-refractivity contribution in [1.82, 2.24) is 9.97 Å². The summed E-state index contributed by atoms with van der Waals surface area (Å²) >= 11 is -3.17. The molecule has 48 heavy (non-hydrogen) atoms. The number of rotatable bonds is 10. The van der Waals surface area contributed by atoms with Crippen LogP contribution in [0.1, 0.15) is 11.4 Å². The summed E-state index contributed by atoms with van der Waals surface area (Å²) in [5.74, 6) is 3.16. The topological polar surface area (TPSA) is 71.9 Å². The molecule has 0 atom stereocenters. The Morgan fingerprint density at radius 3 is 1.33 bits per heavy atom. The molecule has 0 radical (unpaired) electrons. The van der Waals surface area contributed by atoms with Crippen molar-refractivity contribution in [3.8, 4) is 51.0 Å². The Balaban J connectivity index is 1.41. The van der Waals surface area contributed by atoms with Crippen molar-refractivity contribution in [2.45, 2.75) is 13.8 Å². The van der Waals surface area contributed by atoms with E-state index in [-0.39, 0.29) is 0 Å². The van der Waals surface area contributed by atoms with Crippen molar-refractivity contribution in [2.75, 3.05) is 14.2 Å². The summed E-state index contributed by atoms with van der Waals surface area (Å²) in [4.78, 5) is 9.69. The second-order valence-corrected chi connectivity index (χ2v) is 12.6. The molecule has 0 N–H and O–H groups in total. The second kappa shape index (κ2) is 13.7. The molecule has 0 amide bonds. The Labute approximate surface area is 284 Å². The van der Waals surface area contributed by atoms with Crippen molar-refractivity contribution in [3.63, 3.8) is 0 Å². The summed E-state index contributed by atoms with van der Waals surface area (Å²) in [5, 5.41) is 1.66. The predicted octanol–water partition coefficient (Wildman–Crippen LogP) is 9.27. The summed E-state index contributed by atoms with van der Waals surface area (Å²) in [6, 6.07) is 41.9. The minimum atomic E-state index is -3.17. The number of ether oxygens (including phenoxy) is 2. The Morgan fingerprint density at radius 1 is 0.458 bits per heavy atom. The molecular weight excluding hydrogens is 615 g/mol. The Morgan fingerprint density at radius 2 is 0.896 bits per heavy atom. The molecule has 7 aromatic rings. The van der Waals surface area contributed by atoms with Crippen molar-refractivity contribution in [2.24, 2.45) is 0 Å². The van der Waals surface area contributed by atoms with Crippen LogP contribution in [0.4, 0.5) is 0 Å². The van der Waals surface area contributed by atoms with Crippen LogP contribution in [-0.4, -0.2) is 39.3 Å². The Kier molecular flexibility index (Phi) is 8.85. The van der Waals surface area contributed by atoms with Crippen LogP contribution < -0.4 is 20.8 Å². The molecule has 2 aromatic heterocycles. The fraction of sp³-hybridized carbons (Fsp3) is 0.100. The fourth-order valence-electron chi connectivity index (χ4n) is 5.88. The molecule has 0 spiro atoms. The first-order valence-electron chi connectivity index (χ1n) is 15.6. The van der Waals surface area contributed by atoms with E-state index in [1.807, 2.05) is 105 Å². The SMILES string of the molecule is COc1cc(C)nc2c([O][Al]([O]c3c(-c4ccccc4)cccc3-c3ccccc3)[O]c3cccc4c(OC)cc(C)nc34)cccc12. The minimum Gasteiger partial charge on any atom is -0.576 e. The predicted molar refractivity (Wildman–Crippen MR) is 191 cm³/mol. The highest BCUT2D eigenvalue weighted by Gasteiger charge is 2.46. The number of hydrogen-bond donors (Lipinski definition) is 0. The lowest BCUT2D eigenvalue weighted by atomic mass is 9.97. The molecule has 0 aliphatic rings. The number of fused-ring (bicyclic) bond motifs is 2. The normalized spacial score (nSPS) is 10.9. The molecule has 0 saturated heterocycles. The molecule has 0 saturated carbocycles. The Bertz CT molecular complexity index is 2080. The quantitative estimate of drug-likeness (QED) is 0.137. The molecule has 0 unspecified atom stereocenters. The van der Waals surface area contributed by atoms with E-state index < -0.39 is 15.1 Å². The zero-order valence-corrected chi connectivity index (χ0v) is 28.3. The zero-order chi connectivity index (χ0) is 33.0. The number of methoxy groups -OCH3 is 2. The first-order valence-corrected chi connectivity index (χ1v) is 17.1. The van der Waals surface area contributed by atoms with Gasteiger partial charge in [-0.15, -0.1) is 0 Å². The van der Waals surface area contributed by atoms with Crippen molar-refractivity contribution < 1.29 is 20.8 Å². The van der Waals surface area contributed by atoms with Crippen LogP contribution in [0.25, 0.3) is 44.1 Å². The van der Waals surface area contributed by atoms with E-state index in [2.05, 4.69) is 36.4 Å². The summed E-state index contributed by atoms with van der Waals surface area (Å²) in [6.07, 6.45) is 0. The highest BCUT2D eigenvalue weighted by Crippen LogP contribution is 2.41. The standard InChI is InChI=1S/C18H14O.2C11H11NO2.Al/c19-18-16(14-8-3-1-4-9-14)12-7-13-17(18)15-10-5-2-6-11-15;2*1-7-6-10(14-2)8-4-3-5-9(13)11(8)12-7;/h1-13,19H;2*3-6,13H,1-2H3;/q;;;+3/p-3. The number of aromatic nitrogens is 2. The van der Waals surface area contributed by atoms with E-state index in [0.29, 0.717) is 39.8 Å². The lowest BCUT2D eigenvalue weighted by Gasteiger charge is -2.22. The lowest BCUT2D eigenvalue weighted by molar-refractivity contribution is 0.310. The summed E-state index contributed by atoms with van der Waals surface area (Å²) < 4.78 is 32.1. The van der Waals surface area contributed by atoms with Crippen LogP contribution in [-0.2, 0) is 0 Å². The number of pyridine rings is 2. The van der Waals surface area contributed by atoms with E-state index >= 15 is 0 Å². The van der Waals surface area contributed by atoms with Gasteiger partial charge in [-0.3, -0.25) is 0 Å². The van der Waals surface area contributed by atoms with Gasteiger partial charge in [0.25, 0.3) is 0 Å². The van der Waals surface area contributed by atoms with Gasteiger partial charge in [-0.2, -0.15) is 0 Å². The molecule has 236 valence electrons. The molecule has 7 nitrogen and oxygen atoms in total. The number of para-hydroxylation sites is 3. The maximum atomic E-state index is 7.04. The molecule has 2 heterocycles. The van der Waals surface area contributed by atoms with Crippen molar-refractivity contribution in [1.29, 1.82) is 0 Å². The van der Waals surface area contributed by atoms with Gasteiger partial charge in [-0.25, -0.2) is 9.97 Å².